The quantitative estimate of drug-likeness (QED) is 0.204. The maximum atomic E-state index is 10.9. The SMILES string of the molecule is C/C(=N\OCC[N+](C)(C)CC(=O)[O-])C1=C(c2cc3cc(Cl)ccc3[nH]2)Cc2cc(Br)ccc21. The van der Waals surface area contributed by atoms with Crippen LogP contribution < -0.4 is 5.11 Å². The molecule has 172 valence electrons. The molecule has 0 fully saturated rings. The number of carbonyl (C=O) groups is 1. The van der Waals surface area contributed by atoms with Crippen molar-refractivity contribution in [1.82, 2.24) is 4.98 Å². The van der Waals surface area contributed by atoms with Crippen molar-refractivity contribution in [2.24, 2.45) is 5.16 Å². The number of carboxylic acid groups (broad SMARTS) is 1. The van der Waals surface area contributed by atoms with Crippen molar-refractivity contribution >= 4 is 61.3 Å². The number of halogens is 2. The van der Waals surface area contributed by atoms with E-state index in [-0.39, 0.29) is 11.0 Å². The smallest absolute Gasteiger partial charge is 0.165 e. The van der Waals surface area contributed by atoms with Crippen LogP contribution in [0.2, 0.25) is 5.02 Å². The molecule has 1 aliphatic rings. The first-order chi connectivity index (χ1) is 15.6. The number of carboxylic acids is 1. The summed E-state index contributed by atoms with van der Waals surface area (Å²) >= 11 is 9.76. The van der Waals surface area contributed by atoms with Crippen LogP contribution >= 0.6 is 27.5 Å². The number of nitrogens with zero attached hydrogens (tertiary/aromatic N) is 2. The van der Waals surface area contributed by atoms with Gasteiger partial charge in [-0.2, -0.15) is 0 Å². The molecule has 4 rings (SSSR count). The number of oxime groups is 1. The minimum absolute atomic E-state index is 0.0754. The van der Waals surface area contributed by atoms with E-state index in [9.17, 15) is 9.90 Å². The van der Waals surface area contributed by atoms with Crippen molar-refractivity contribution in [1.29, 1.82) is 0 Å². The molecule has 0 spiro atoms. The van der Waals surface area contributed by atoms with Gasteiger partial charge in [-0.3, -0.25) is 0 Å². The lowest BCUT2D eigenvalue weighted by Gasteiger charge is -2.29. The van der Waals surface area contributed by atoms with Crippen LogP contribution in [0.25, 0.3) is 22.0 Å². The fourth-order valence-corrected chi connectivity index (χ4v) is 4.80. The summed E-state index contributed by atoms with van der Waals surface area (Å²) in [5.74, 6) is -1.08. The number of fused-ring (bicyclic) bond motifs is 2. The van der Waals surface area contributed by atoms with Crippen molar-refractivity contribution in [2.75, 3.05) is 33.8 Å². The standard InChI is InChI=1S/C25H25BrClN3O3/c1-15(29-33-9-8-30(2,3)14-24(31)32)25-20-6-4-18(26)10-16(20)12-21(25)23-13-17-11-19(27)5-7-22(17)28-23/h4-7,10-11,13H,8-9,12,14H2,1-3H3,(H-,28,29,31,32). The summed E-state index contributed by atoms with van der Waals surface area (Å²) < 4.78 is 1.29. The fourth-order valence-electron chi connectivity index (χ4n) is 4.21. The van der Waals surface area contributed by atoms with E-state index in [4.69, 9.17) is 16.4 Å². The number of carbonyl (C=O) groups excluding carboxylic acids is 1. The van der Waals surface area contributed by atoms with Crippen LogP contribution in [-0.4, -0.2) is 54.9 Å². The molecule has 0 atom stereocenters. The Balaban J connectivity index is 1.64. The van der Waals surface area contributed by atoms with Crippen molar-refractivity contribution in [3.05, 3.63) is 68.8 Å². The molecule has 1 heterocycles. The van der Waals surface area contributed by atoms with E-state index in [0.29, 0.717) is 18.2 Å². The number of quaternary nitrogens is 1. The molecule has 0 saturated heterocycles. The number of benzene rings is 2. The summed E-state index contributed by atoms with van der Waals surface area (Å²) in [6.45, 7) is 2.67. The Kier molecular flexibility index (Phi) is 6.66. The van der Waals surface area contributed by atoms with Gasteiger partial charge in [0.05, 0.1) is 25.8 Å². The number of hydrogen-bond donors (Lipinski definition) is 1. The molecule has 0 aliphatic heterocycles. The number of likely N-dealkylation sites (N-methyl/N-ethyl adjacent to an activating group) is 1. The van der Waals surface area contributed by atoms with Crippen molar-refractivity contribution in [3.63, 3.8) is 0 Å². The molecule has 0 unspecified atom stereocenters. The Morgan fingerprint density at radius 1 is 1.24 bits per heavy atom. The largest absolute Gasteiger partial charge is 0.544 e. The second-order valence-corrected chi connectivity index (χ2v) is 10.3. The number of aromatic nitrogens is 1. The first kappa shape index (κ1) is 23.5. The topological polar surface area (TPSA) is 77.5 Å². The highest BCUT2D eigenvalue weighted by Gasteiger charge is 2.26. The van der Waals surface area contributed by atoms with E-state index >= 15 is 0 Å². The minimum Gasteiger partial charge on any atom is -0.544 e. The predicted molar refractivity (Wildman–Crippen MR) is 134 cm³/mol. The third kappa shape index (κ3) is 5.32. The number of hydrogen-bond acceptors (Lipinski definition) is 4. The Bertz CT molecular complexity index is 1290. The Labute approximate surface area is 206 Å². The number of H-pyrrole nitrogens is 1. The second-order valence-electron chi connectivity index (χ2n) is 8.95. The van der Waals surface area contributed by atoms with E-state index < -0.39 is 5.97 Å². The third-order valence-electron chi connectivity index (χ3n) is 5.82. The molecule has 33 heavy (non-hydrogen) atoms. The van der Waals surface area contributed by atoms with Gasteiger partial charge in [0.25, 0.3) is 0 Å². The second kappa shape index (κ2) is 9.33. The zero-order chi connectivity index (χ0) is 23.8. The molecule has 1 aromatic heterocycles. The van der Waals surface area contributed by atoms with Crippen LogP contribution in [0.1, 0.15) is 23.7 Å². The highest BCUT2D eigenvalue weighted by atomic mass is 79.9. The number of aliphatic carboxylic acids is 1. The zero-order valence-electron chi connectivity index (χ0n) is 18.7. The summed E-state index contributed by atoms with van der Waals surface area (Å²) in [6.07, 6.45) is 0.771. The third-order valence-corrected chi connectivity index (χ3v) is 6.55. The van der Waals surface area contributed by atoms with Gasteiger partial charge < -0.3 is 24.2 Å². The lowest BCUT2D eigenvalue weighted by atomic mass is 10.0. The average molecular weight is 531 g/mol. The lowest BCUT2D eigenvalue weighted by molar-refractivity contribution is -0.885. The lowest BCUT2D eigenvalue weighted by Crippen LogP contribution is -2.49. The molecular weight excluding hydrogens is 506 g/mol. The molecular formula is C25H25BrClN3O3. The van der Waals surface area contributed by atoms with Gasteiger partial charge in [-0.1, -0.05) is 38.8 Å². The van der Waals surface area contributed by atoms with Gasteiger partial charge in [0.1, 0.15) is 13.1 Å². The predicted octanol–water partition coefficient (Wildman–Crippen LogP) is 4.27. The van der Waals surface area contributed by atoms with Crippen molar-refractivity contribution in [3.8, 4) is 0 Å². The number of nitrogens with one attached hydrogen (secondary N) is 1. The maximum Gasteiger partial charge on any atom is 0.165 e. The first-order valence-corrected chi connectivity index (χ1v) is 11.8. The first-order valence-electron chi connectivity index (χ1n) is 10.6. The van der Waals surface area contributed by atoms with Crippen LogP contribution in [0.3, 0.4) is 0 Å². The fraction of sp³-hybridized carbons (Fsp3) is 0.280. The van der Waals surface area contributed by atoms with Crippen LogP contribution in [-0.2, 0) is 16.1 Å². The Morgan fingerprint density at radius 3 is 2.79 bits per heavy atom. The highest BCUT2D eigenvalue weighted by molar-refractivity contribution is 9.10. The molecule has 0 bridgehead atoms. The summed E-state index contributed by atoms with van der Waals surface area (Å²) in [7, 11) is 3.65. The van der Waals surface area contributed by atoms with E-state index in [1.807, 2.05) is 45.3 Å². The maximum absolute atomic E-state index is 10.9. The molecule has 1 aliphatic carbocycles. The van der Waals surface area contributed by atoms with Crippen molar-refractivity contribution < 1.29 is 19.2 Å². The Morgan fingerprint density at radius 2 is 2.03 bits per heavy atom. The van der Waals surface area contributed by atoms with Crippen LogP contribution in [0.4, 0.5) is 0 Å². The van der Waals surface area contributed by atoms with Crippen molar-refractivity contribution in [2.45, 2.75) is 13.3 Å². The molecule has 1 N–H and O–H groups in total. The highest BCUT2D eigenvalue weighted by Crippen LogP contribution is 2.41. The number of aromatic amines is 1. The monoisotopic (exact) mass is 529 g/mol. The summed E-state index contributed by atoms with van der Waals surface area (Å²) in [4.78, 5) is 20.0. The van der Waals surface area contributed by atoms with Gasteiger partial charge in [0, 0.05) is 38.1 Å². The van der Waals surface area contributed by atoms with E-state index in [1.165, 1.54) is 5.56 Å². The van der Waals surface area contributed by atoms with Gasteiger partial charge in [-0.05, 0) is 60.0 Å². The van der Waals surface area contributed by atoms with Gasteiger partial charge in [0.2, 0.25) is 0 Å². The van der Waals surface area contributed by atoms with Crippen LogP contribution in [0.5, 0.6) is 0 Å². The zero-order valence-corrected chi connectivity index (χ0v) is 21.1. The van der Waals surface area contributed by atoms with Gasteiger partial charge in [0.15, 0.2) is 6.61 Å². The minimum atomic E-state index is -1.08. The van der Waals surface area contributed by atoms with Gasteiger partial charge in [-0.15, -0.1) is 0 Å². The molecule has 3 aromatic rings. The Hall–Kier alpha value is -2.61. The number of rotatable bonds is 8. The molecule has 0 amide bonds. The number of allylic oxidation sites excluding steroid dienone is 2. The molecule has 6 nitrogen and oxygen atoms in total. The molecule has 8 heteroatoms. The van der Waals surface area contributed by atoms with Gasteiger partial charge >= 0.3 is 0 Å². The summed E-state index contributed by atoms with van der Waals surface area (Å²) in [6, 6.07) is 14.2. The summed E-state index contributed by atoms with van der Waals surface area (Å²) in [5, 5.41) is 17.1. The molecule has 0 radical (unpaired) electrons. The van der Waals surface area contributed by atoms with Crippen LogP contribution in [0, 0.1) is 0 Å². The van der Waals surface area contributed by atoms with E-state index in [0.717, 1.165) is 49.9 Å². The molecule has 2 aromatic carbocycles. The summed E-state index contributed by atoms with van der Waals surface area (Å²) in [5.41, 5.74) is 7.35. The average Bonchev–Trinajstić information content (AvgIpc) is 3.30. The van der Waals surface area contributed by atoms with Crippen LogP contribution in [0.15, 0.2) is 52.1 Å². The normalized spacial score (nSPS) is 14.2. The van der Waals surface area contributed by atoms with Gasteiger partial charge in [-0.25, -0.2) is 0 Å². The van der Waals surface area contributed by atoms with E-state index in [1.54, 1.807) is 0 Å². The molecule has 0 saturated carbocycles. The van der Waals surface area contributed by atoms with E-state index in [2.05, 4.69) is 44.3 Å².